The van der Waals surface area contributed by atoms with Crippen molar-refractivity contribution in [3.63, 3.8) is 0 Å². The third-order valence-electron chi connectivity index (χ3n) is 3.18. The third kappa shape index (κ3) is 3.16. The molecule has 1 fully saturated rings. The molecule has 0 bridgehead atoms. The quantitative estimate of drug-likeness (QED) is 0.576. The standard InChI is InChI=1S/C14H17NO2/c1-15-9-12-7-13(8-12)14(16)17-10-11-5-3-2-4-6-11/h2-6,12-13H,1,7-10H2. The van der Waals surface area contributed by atoms with Crippen LogP contribution in [0.5, 0.6) is 0 Å². The smallest absolute Gasteiger partial charge is 0.309 e. The summed E-state index contributed by atoms with van der Waals surface area (Å²) in [5.74, 6) is 0.529. The Bertz CT molecular complexity index is 382. The van der Waals surface area contributed by atoms with Crippen LogP contribution in [0.2, 0.25) is 0 Å². The molecule has 1 aliphatic carbocycles. The largest absolute Gasteiger partial charge is 0.461 e. The number of ether oxygens (including phenoxy) is 1. The number of aliphatic imine (C=N–C) groups is 1. The molecule has 3 nitrogen and oxygen atoms in total. The molecule has 17 heavy (non-hydrogen) atoms. The zero-order chi connectivity index (χ0) is 12.1. The first-order valence-corrected chi connectivity index (χ1v) is 5.92. The zero-order valence-corrected chi connectivity index (χ0v) is 9.84. The fraction of sp³-hybridized carbons (Fsp3) is 0.429. The minimum absolute atomic E-state index is 0.0745. The Hall–Kier alpha value is -1.64. The van der Waals surface area contributed by atoms with E-state index in [2.05, 4.69) is 11.7 Å². The number of esters is 1. The summed E-state index contributed by atoms with van der Waals surface area (Å²) >= 11 is 0. The van der Waals surface area contributed by atoms with Crippen molar-refractivity contribution in [2.75, 3.05) is 6.54 Å². The molecule has 1 aliphatic rings. The topological polar surface area (TPSA) is 38.7 Å². The normalized spacial score (nSPS) is 22.6. The molecule has 0 radical (unpaired) electrons. The van der Waals surface area contributed by atoms with Crippen molar-refractivity contribution < 1.29 is 9.53 Å². The number of carbonyl (C=O) groups is 1. The predicted molar refractivity (Wildman–Crippen MR) is 66.9 cm³/mol. The molecular formula is C14H17NO2. The summed E-state index contributed by atoms with van der Waals surface area (Å²) in [6.45, 7) is 4.60. The Morgan fingerprint density at radius 3 is 2.71 bits per heavy atom. The van der Waals surface area contributed by atoms with Crippen LogP contribution in [0.1, 0.15) is 18.4 Å². The number of benzene rings is 1. The first kappa shape index (κ1) is 11.8. The minimum Gasteiger partial charge on any atom is -0.461 e. The summed E-state index contributed by atoms with van der Waals surface area (Å²) < 4.78 is 5.27. The highest BCUT2D eigenvalue weighted by Crippen LogP contribution is 2.34. The van der Waals surface area contributed by atoms with E-state index in [1.165, 1.54) is 0 Å². The van der Waals surface area contributed by atoms with Crippen LogP contribution >= 0.6 is 0 Å². The lowest BCUT2D eigenvalue weighted by atomic mass is 9.75. The molecule has 0 N–H and O–H groups in total. The van der Waals surface area contributed by atoms with Gasteiger partial charge in [0.15, 0.2) is 0 Å². The molecular weight excluding hydrogens is 214 g/mol. The van der Waals surface area contributed by atoms with Crippen LogP contribution in [0, 0.1) is 11.8 Å². The SMILES string of the molecule is C=NCC1CC(C(=O)OCc2ccccc2)C1. The first-order valence-electron chi connectivity index (χ1n) is 5.92. The average Bonchev–Trinajstić information content (AvgIpc) is 2.31. The Morgan fingerprint density at radius 1 is 1.35 bits per heavy atom. The average molecular weight is 231 g/mol. The van der Waals surface area contributed by atoms with Gasteiger partial charge in [-0.05, 0) is 31.0 Å². The molecule has 0 amide bonds. The highest BCUT2D eigenvalue weighted by molar-refractivity contribution is 5.73. The van der Waals surface area contributed by atoms with Crippen LogP contribution in [0.15, 0.2) is 35.3 Å². The number of hydrogen-bond donors (Lipinski definition) is 0. The molecule has 0 heterocycles. The molecule has 0 aliphatic heterocycles. The van der Waals surface area contributed by atoms with Crippen LogP contribution in [-0.4, -0.2) is 19.2 Å². The van der Waals surface area contributed by atoms with Gasteiger partial charge < -0.3 is 9.73 Å². The maximum atomic E-state index is 11.7. The van der Waals surface area contributed by atoms with E-state index in [1.807, 2.05) is 30.3 Å². The lowest BCUT2D eigenvalue weighted by Crippen LogP contribution is -2.33. The highest BCUT2D eigenvalue weighted by Gasteiger charge is 2.35. The lowest BCUT2D eigenvalue weighted by molar-refractivity contribution is -0.154. The van der Waals surface area contributed by atoms with Gasteiger partial charge in [-0.25, -0.2) is 0 Å². The maximum Gasteiger partial charge on any atom is 0.309 e. The van der Waals surface area contributed by atoms with Gasteiger partial charge in [-0.3, -0.25) is 4.79 Å². The monoisotopic (exact) mass is 231 g/mol. The molecule has 0 spiro atoms. The molecule has 2 rings (SSSR count). The summed E-state index contributed by atoms with van der Waals surface area (Å²) in [5.41, 5.74) is 1.03. The van der Waals surface area contributed by atoms with Gasteiger partial charge in [-0.2, -0.15) is 0 Å². The molecule has 3 heteroatoms. The van der Waals surface area contributed by atoms with E-state index in [-0.39, 0.29) is 11.9 Å². The van der Waals surface area contributed by atoms with Crippen LogP contribution in [0.3, 0.4) is 0 Å². The van der Waals surface area contributed by atoms with Gasteiger partial charge in [-0.1, -0.05) is 30.3 Å². The molecule has 0 unspecified atom stereocenters. The Kier molecular flexibility index (Phi) is 3.91. The second-order valence-electron chi connectivity index (χ2n) is 4.53. The van der Waals surface area contributed by atoms with E-state index in [4.69, 9.17) is 4.74 Å². The van der Waals surface area contributed by atoms with E-state index >= 15 is 0 Å². The molecule has 90 valence electrons. The molecule has 0 aromatic heterocycles. The van der Waals surface area contributed by atoms with Gasteiger partial charge in [-0.15, -0.1) is 0 Å². The zero-order valence-electron chi connectivity index (χ0n) is 9.84. The van der Waals surface area contributed by atoms with Gasteiger partial charge in [0.05, 0.1) is 5.92 Å². The van der Waals surface area contributed by atoms with Crippen molar-refractivity contribution in [1.29, 1.82) is 0 Å². The van der Waals surface area contributed by atoms with Crippen LogP contribution < -0.4 is 0 Å². The second kappa shape index (κ2) is 5.62. The summed E-state index contributed by atoms with van der Waals surface area (Å²) in [6, 6.07) is 9.75. The predicted octanol–water partition coefficient (Wildman–Crippen LogP) is 2.46. The van der Waals surface area contributed by atoms with Crippen molar-refractivity contribution >= 4 is 12.7 Å². The fourth-order valence-corrected chi connectivity index (χ4v) is 2.11. The van der Waals surface area contributed by atoms with Crippen LogP contribution in [0.4, 0.5) is 0 Å². The number of nitrogens with zero attached hydrogens (tertiary/aromatic N) is 1. The molecule has 1 saturated carbocycles. The van der Waals surface area contributed by atoms with Crippen molar-refractivity contribution in [3.8, 4) is 0 Å². The van der Waals surface area contributed by atoms with Gasteiger partial charge in [0.2, 0.25) is 0 Å². The van der Waals surface area contributed by atoms with E-state index < -0.39 is 0 Å². The van der Waals surface area contributed by atoms with Gasteiger partial charge in [0.25, 0.3) is 0 Å². The van der Waals surface area contributed by atoms with Crippen molar-refractivity contribution in [2.45, 2.75) is 19.4 Å². The summed E-state index contributed by atoms with van der Waals surface area (Å²) in [5, 5.41) is 0. The van der Waals surface area contributed by atoms with Gasteiger partial charge in [0, 0.05) is 6.54 Å². The summed E-state index contributed by atoms with van der Waals surface area (Å²) in [6.07, 6.45) is 1.79. The van der Waals surface area contributed by atoms with Crippen LogP contribution in [-0.2, 0) is 16.1 Å². The lowest BCUT2D eigenvalue weighted by Gasteiger charge is -2.32. The second-order valence-corrected chi connectivity index (χ2v) is 4.53. The Morgan fingerprint density at radius 2 is 2.06 bits per heavy atom. The number of hydrogen-bond acceptors (Lipinski definition) is 3. The van der Waals surface area contributed by atoms with Crippen molar-refractivity contribution in [2.24, 2.45) is 16.8 Å². The number of rotatable bonds is 5. The summed E-state index contributed by atoms with van der Waals surface area (Å²) in [7, 11) is 0. The van der Waals surface area contributed by atoms with E-state index in [0.717, 1.165) is 24.9 Å². The highest BCUT2D eigenvalue weighted by atomic mass is 16.5. The van der Waals surface area contributed by atoms with Gasteiger partial charge in [0.1, 0.15) is 6.61 Å². The maximum absolute atomic E-state index is 11.7. The fourth-order valence-electron chi connectivity index (χ4n) is 2.11. The van der Waals surface area contributed by atoms with Crippen LogP contribution in [0.25, 0.3) is 0 Å². The third-order valence-corrected chi connectivity index (χ3v) is 3.18. The van der Waals surface area contributed by atoms with E-state index in [9.17, 15) is 4.79 Å². The Balaban J connectivity index is 1.71. The molecule has 0 atom stereocenters. The first-order chi connectivity index (χ1) is 8.29. The summed E-state index contributed by atoms with van der Waals surface area (Å²) in [4.78, 5) is 15.5. The number of carbonyl (C=O) groups excluding carboxylic acids is 1. The molecule has 1 aromatic rings. The van der Waals surface area contributed by atoms with Gasteiger partial charge >= 0.3 is 5.97 Å². The molecule has 1 aromatic carbocycles. The Labute approximate surface area is 102 Å². The van der Waals surface area contributed by atoms with E-state index in [0.29, 0.717) is 12.5 Å². The van der Waals surface area contributed by atoms with Crippen molar-refractivity contribution in [1.82, 2.24) is 0 Å². The van der Waals surface area contributed by atoms with Crippen molar-refractivity contribution in [3.05, 3.63) is 35.9 Å². The van der Waals surface area contributed by atoms with E-state index in [1.54, 1.807) is 0 Å². The minimum atomic E-state index is -0.0748. The molecule has 0 saturated heterocycles.